The average molecular weight is 967 g/mol. The van der Waals surface area contributed by atoms with Crippen molar-refractivity contribution in [1.82, 2.24) is 0 Å². The fraction of sp³-hybridized carbons (Fsp3) is 0.0435. The molecule has 11 aromatic carbocycles. The molecule has 3 heterocycles. The van der Waals surface area contributed by atoms with Crippen molar-refractivity contribution in [2.24, 2.45) is 0 Å². The van der Waals surface area contributed by atoms with Crippen LogP contribution in [0.15, 0.2) is 251 Å². The highest BCUT2D eigenvalue weighted by Gasteiger charge is 2.36. The Kier molecular flexibility index (Phi) is 9.44. The van der Waals surface area contributed by atoms with Crippen LogP contribution in [0.25, 0.3) is 97.4 Å². The van der Waals surface area contributed by atoms with E-state index in [-0.39, 0.29) is 5.41 Å². The highest BCUT2D eigenvalue weighted by atomic mass is 32.1. The number of benzene rings is 11. The number of anilines is 6. The average Bonchev–Trinajstić information content (AvgIpc) is 4.21. The van der Waals surface area contributed by atoms with Crippen molar-refractivity contribution in [2.45, 2.75) is 19.3 Å². The monoisotopic (exact) mass is 966 g/mol. The normalized spacial score (nSPS) is 12.8. The van der Waals surface area contributed by atoms with Gasteiger partial charge in [-0.2, -0.15) is 0 Å². The Hall–Kier alpha value is -9.16. The Morgan fingerprint density at radius 3 is 1.53 bits per heavy atom. The van der Waals surface area contributed by atoms with Gasteiger partial charge in [-0.1, -0.05) is 147 Å². The van der Waals surface area contributed by atoms with Crippen molar-refractivity contribution >= 4 is 110 Å². The molecule has 15 rings (SSSR count). The summed E-state index contributed by atoms with van der Waals surface area (Å²) >= 11 is 1.86. The molecule has 0 unspecified atom stereocenters. The van der Waals surface area contributed by atoms with Gasteiger partial charge in [0.05, 0.1) is 0 Å². The number of furan rings is 2. The van der Waals surface area contributed by atoms with Gasteiger partial charge in [-0.05, 0) is 154 Å². The second-order valence-corrected chi connectivity index (χ2v) is 21.1. The van der Waals surface area contributed by atoms with E-state index in [0.717, 1.165) is 83.6 Å². The smallest absolute Gasteiger partial charge is 0.135 e. The van der Waals surface area contributed by atoms with Crippen molar-refractivity contribution in [3.63, 3.8) is 0 Å². The van der Waals surface area contributed by atoms with Crippen molar-refractivity contribution in [2.75, 3.05) is 9.80 Å². The molecule has 0 bridgehead atoms. The summed E-state index contributed by atoms with van der Waals surface area (Å²) in [6, 6.07) is 88.4. The molecule has 350 valence electrons. The van der Waals surface area contributed by atoms with Crippen LogP contribution in [0, 0.1) is 0 Å². The summed E-state index contributed by atoms with van der Waals surface area (Å²) in [7, 11) is 0. The Morgan fingerprint density at radius 1 is 0.311 bits per heavy atom. The van der Waals surface area contributed by atoms with Crippen LogP contribution in [0.2, 0.25) is 0 Å². The first-order chi connectivity index (χ1) is 36.4. The second kappa shape index (κ2) is 16.4. The Balaban J connectivity index is 1.05. The van der Waals surface area contributed by atoms with Crippen LogP contribution in [0.3, 0.4) is 0 Å². The predicted molar refractivity (Wildman–Crippen MR) is 312 cm³/mol. The van der Waals surface area contributed by atoms with Gasteiger partial charge in [0, 0.05) is 81.3 Å². The van der Waals surface area contributed by atoms with E-state index in [0.29, 0.717) is 0 Å². The molecule has 14 aromatic rings. The van der Waals surface area contributed by atoms with E-state index in [1.165, 1.54) is 59.1 Å². The summed E-state index contributed by atoms with van der Waals surface area (Å²) < 4.78 is 15.4. The molecule has 1 aliphatic carbocycles. The van der Waals surface area contributed by atoms with Gasteiger partial charge in [0.25, 0.3) is 0 Å². The van der Waals surface area contributed by atoms with Crippen molar-refractivity contribution in [3.8, 4) is 33.4 Å². The van der Waals surface area contributed by atoms with Gasteiger partial charge in [-0.25, -0.2) is 0 Å². The maximum absolute atomic E-state index is 6.48. The van der Waals surface area contributed by atoms with Crippen LogP contribution in [0.1, 0.15) is 25.0 Å². The maximum atomic E-state index is 6.48. The molecule has 1 aliphatic rings. The molecule has 5 heteroatoms. The topological polar surface area (TPSA) is 32.8 Å². The predicted octanol–water partition coefficient (Wildman–Crippen LogP) is 20.4. The van der Waals surface area contributed by atoms with E-state index >= 15 is 0 Å². The van der Waals surface area contributed by atoms with Crippen molar-refractivity contribution < 1.29 is 8.83 Å². The van der Waals surface area contributed by atoms with Gasteiger partial charge in [0.15, 0.2) is 0 Å². The number of para-hydroxylation sites is 3. The number of hydrogen-bond donors (Lipinski definition) is 0. The molecule has 0 amide bonds. The Morgan fingerprint density at radius 2 is 0.838 bits per heavy atom. The zero-order valence-corrected chi connectivity index (χ0v) is 41.5. The van der Waals surface area contributed by atoms with E-state index < -0.39 is 0 Å². The highest BCUT2D eigenvalue weighted by molar-refractivity contribution is 7.26. The van der Waals surface area contributed by atoms with Gasteiger partial charge >= 0.3 is 0 Å². The first kappa shape index (κ1) is 42.5. The molecule has 0 radical (unpaired) electrons. The standard InChI is InChI=1S/C69H46N2O2S/c1-69(2)60-25-13-9-21-52(60)57-40-47(29-32-61(57)69)71(49-31-34-65-59(42-49)54-23-11-15-27-63(54)73-65)51-36-45(56-37-44(43-17-5-3-6-18-43)38-67-68(56)55-24-12-16-28-66(55)74-67)35-50(39-51)70(46-19-7-4-8-20-46)48-30-33-64-58(41-48)53-22-10-14-26-62(53)72-64/h3-42H,1-2H3. The Bertz CT molecular complexity index is 4540. The minimum atomic E-state index is -0.146. The molecule has 0 saturated heterocycles. The van der Waals surface area contributed by atoms with Gasteiger partial charge in [-0.3, -0.25) is 0 Å². The van der Waals surface area contributed by atoms with E-state index in [1.54, 1.807) is 0 Å². The zero-order valence-electron chi connectivity index (χ0n) is 40.7. The van der Waals surface area contributed by atoms with Crippen LogP contribution in [0.4, 0.5) is 34.1 Å². The van der Waals surface area contributed by atoms with E-state index in [1.807, 2.05) is 23.5 Å². The summed E-state index contributed by atoms with van der Waals surface area (Å²) in [4.78, 5) is 4.87. The lowest BCUT2D eigenvalue weighted by Crippen LogP contribution is -2.16. The third-order valence-electron chi connectivity index (χ3n) is 15.4. The number of rotatable bonds is 8. The molecule has 4 nitrogen and oxygen atoms in total. The van der Waals surface area contributed by atoms with E-state index in [4.69, 9.17) is 8.83 Å². The van der Waals surface area contributed by atoms with Gasteiger partial charge in [0.1, 0.15) is 22.3 Å². The number of nitrogens with zero attached hydrogens (tertiary/aromatic N) is 2. The summed E-state index contributed by atoms with van der Waals surface area (Å²) in [5.41, 5.74) is 19.4. The van der Waals surface area contributed by atoms with Crippen LogP contribution >= 0.6 is 11.3 Å². The van der Waals surface area contributed by atoms with Gasteiger partial charge in [-0.15, -0.1) is 11.3 Å². The summed E-state index contributed by atoms with van der Waals surface area (Å²) in [6.07, 6.45) is 0. The third-order valence-corrected chi connectivity index (χ3v) is 16.5. The number of hydrogen-bond acceptors (Lipinski definition) is 5. The molecule has 0 atom stereocenters. The molecule has 74 heavy (non-hydrogen) atoms. The van der Waals surface area contributed by atoms with Crippen LogP contribution in [-0.2, 0) is 5.41 Å². The maximum Gasteiger partial charge on any atom is 0.135 e. The second-order valence-electron chi connectivity index (χ2n) is 20.1. The summed E-state index contributed by atoms with van der Waals surface area (Å²) in [5.74, 6) is 0. The first-order valence-electron chi connectivity index (χ1n) is 25.3. The van der Waals surface area contributed by atoms with E-state index in [9.17, 15) is 0 Å². The SMILES string of the molecule is CC1(C)c2ccccc2-c2cc(N(c3cc(-c4cc(-c5ccccc5)cc5sc6ccccc6c45)cc(N(c4ccccc4)c4ccc5oc6ccccc6c5c4)c3)c3ccc4oc5ccccc5c4c3)ccc21. The first-order valence-corrected chi connectivity index (χ1v) is 26.1. The molecule has 0 saturated carbocycles. The molecular weight excluding hydrogens is 921 g/mol. The lowest BCUT2D eigenvalue weighted by molar-refractivity contribution is 0.660. The minimum Gasteiger partial charge on any atom is -0.456 e. The molecule has 3 aromatic heterocycles. The van der Waals surface area contributed by atoms with Gasteiger partial charge < -0.3 is 18.6 Å². The lowest BCUT2D eigenvalue weighted by atomic mass is 9.82. The molecule has 0 aliphatic heterocycles. The molecule has 0 fully saturated rings. The zero-order chi connectivity index (χ0) is 49.1. The number of thiophene rings is 1. The number of fused-ring (bicyclic) bond motifs is 12. The quantitative estimate of drug-likeness (QED) is 0.152. The Labute approximate surface area is 432 Å². The largest absolute Gasteiger partial charge is 0.456 e. The molecular formula is C69H46N2O2S. The minimum absolute atomic E-state index is 0.146. The van der Waals surface area contributed by atoms with E-state index in [2.05, 4.69) is 254 Å². The third kappa shape index (κ3) is 6.67. The van der Waals surface area contributed by atoms with Crippen LogP contribution < -0.4 is 9.80 Å². The summed E-state index contributed by atoms with van der Waals surface area (Å²) in [5, 5.41) is 6.82. The summed E-state index contributed by atoms with van der Waals surface area (Å²) in [6.45, 7) is 4.70. The van der Waals surface area contributed by atoms with Crippen molar-refractivity contribution in [1.29, 1.82) is 0 Å². The van der Waals surface area contributed by atoms with Gasteiger partial charge in [0.2, 0.25) is 0 Å². The molecule has 0 spiro atoms. The highest BCUT2D eigenvalue weighted by Crippen LogP contribution is 2.53. The van der Waals surface area contributed by atoms with Crippen molar-refractivity contribution in [3.05, 3.63) is 254 Å². The van der Waals surface area contributed by atoms with Crippen LogP contribution in [0.5, 0.6) is 0 Å². The van der Waals surface area contributed by atoms with Crippen LogP contribution in [-0.4, -0.2) is 0 Å². The lowest BCUT2D eigenvalue weighted by Gasteiger charge is -2.31. The fourth-order valence-electron chi connectivity index (χ4n) is 11.9. The fourth-order valence-corrected chi connectivity index (χ4v) is 13.1. The molecule has 0 N–H and O–H groups in total.